The van der Waals surface area contributed by atoms with Gasteiger partial charge in [0.15, 0.2) is 0 Å². The van der Waals surface area contributed by atoms with E-state index in [0.717, 1.165) is 38.3 Å². The molecule has 0 saturated carbocycles. The molecular formula is C21H35N5O3. The number of carbonyl (C=O) groups is 2. The van der Waals surface area contributed by atoms with Crippen LogP contribution in [0.4, 0.5) is 4.79 Å². The summed E-state index contributed by atoms with van der Waals surface area (Å²) in [7, 11) is 0. The predicted octanol–water partition coefficient (Wildman–Crippen LogP) is 2.02. The van der Waals surface area contributed by atoms with Crippen molar-refractivity contribution in [3.63, 3.8) is 0 Å². The van der Waals surface area contributed by atoms with Gasteiger partial charge in [-0.25, -0.2) is 9.78 Å². The van der Waals surface area contributed by atoms with Gasteiger partial charge in [0, 0.05) is 51.0 Å². The Kier molecular flexibility index (Phi) is 7.52. The third-order valence-corrected chi connectivity index (χ3v) is 5.94. The van der Waals surface area contributed by atoms with Crippen LogP contribution in [-0.4, -0.2) is 88.7 Å². The number of carbonyl (C=O) groups excluding carboxylic acids is 2. The molecule has 0 unspecified atom stereocenters. The van der Waals surface area contributed by atoms with Crippen molar-refractivity contribution < 1.29 is 14.3 Å². The van der Waals surface area contributed by atoms with Crippen molar-refractivity contribution in [2.24, 2.45) is 5.92 Å². The second-order valence-electron chi connectivity index (χ2n) is 8.38. The zero-order valence-electron chi connectivity index (χ0n) is 18.0. The van der Waals surface area contributed by atoms with Crippen molar-refractivity contribution in [3.05, 3.63) is 18.2 Å². The third kappa shape index (κ3) is 5.72. The number of amides is 2. The fourth-order valence-electron chi connectivity index (χ4n) is 4.23. The lowest BCUT2D eigenvalue weighted by Crippen LogP contribution is -2.53. The van der Waals surface area contributed by atoms with Gasteiger partial charge in [0.1, 0.15) is 5.82 Å². The Balaban J connectivity index is 1.39. The maximum absolute atomic E-state index is 12.7. The monoisotopic (exact) mass is 405 g/mol. The van der Waals surface area contributed by atoms with Crippen LogP contribution in [0.3, 0.4) is 0 Å². The van der Waals surface area contributed by atoms with E-state index in [-0.39, 0.29) is 12.0 Å². The highest BCUT2D eigenvalue weighted by Crippen LogP contribution is 2.21. The summed E-state index contributed by atoms with van der Waals surface area (Å²) in [5, 5.41) is 0. The molecule has 3 heterocycles. The second-order valence-corrected chi connectivity index (χ2v) is 8.38. The van der Waals surface area contributed by atoms with Gasteiger partial charge in [0.05, 0.1) is 13.2 Å². The van der Waals surface area contributed by atoms with Gasteiger partial charge >= 0.3 is 6.09 Å². The minimum Gasteiger partial charge on any atom is -0.450 e. The summed E-state index contributed by atoms with van der Waals surface area (Å²) in [5.41, 5.74) is 0. The van der Waals surface area contributed by atoms with Crippen LogP contribution in [0.15, 0.2) is 12.4 Å². The second kappa shape index (κ2) is 10.1. The summed E-state index contributed by atoms with van der Waals surface area (Å²) in [6.07, 6.45) is 5.92. The van der Waals surface area contributed by atoms with E-state index < -0.39 is 0 Å². The van der Waals surface area contributed by atoms with Crippen LogP contribution in [0.25, 0.3) is 0 Å². The maximum atomic E-state index is 12.7. The van der Waals surface area contributed by atoms with Crippen molar-refractivity contribution in [2.75, 3.05) is 52.4 Å². The van der Waals surface area contributed by atoms with E-state index in [2.05, 4.69) is 34.5 Å². The third-order valence-electron chi connectivity index (χ3n) is 5.94. The zero-order chi connectivity index (χ0) is 20.8. The smallest absolute Gasteiger partial charge is 0.409 e. The van der Waals surface area contributed by atoms with E-state index in [0.29, 0.717) is 51.2 Å². The minimum atomic E-state index is -0.278. The quantitative estimate of drug-likeness (QED) is 0.724. The summed E-state index contributed by atoms with van der Waals surface area (Å²) < 4.78 is 7.33. The van der Waals surface area contributed by atoms with Crippen LogP contribution in [0, 0.1) is 5.92 Å². The normalized spacial score (nSPS) is 19.0. The Hall–Kier alpha value is -2.09. The molecule has 2 aliphatic rings. The number of hydrogen-bond donors (Lipinski definition) is 0. The Morgan fingerprint density at radius 1 is 1.10 bits per heavy atom. The van der Waals surface area contributed by atoms with Crippen LogP contribution in [-0.2, 0) is 16.1 Å². The van der Waals surface area contributed by atoms with Crippen molar-refractivity contribution >= 4 is 12.0 Å². The van der Waals surface area contributed by atoms with Gasteiger partial charge < -0.3 is 19.1 Å². The van der Waals surface area contributed by atoms with Crippen LogP contribution in [0.5, 0.6) is 0 Å². The molecule has 1 aromatic rings. The standard InChI is InChI=1S/C21H35N5O3/c1-4-29-21(28)25-13-11-24(12-14-25)19(27)16-23-8-5-18(6-9-23)15-26-10-7-22-20(26)17(2)3/h7,10,17-18H,4-6,8-9,11-16H2,1-3H3. The number of likely N-dealkylation sites (tertiary alicyclic amines) is 1. The SMILES string of the molecule is CCOC(=O)N1CCN(C(=O)CN2CCC(Cn3ccnc3C(C)C)CC2)CC1. The molecule has 1 aromatic heterocycles. The average Bonchev–Trinajstić information content (AvgIpc) is 3.18. The van der Waals surface area contributed by atoms with Crippen molar-refractivity contribution in [2.45, 2.75) is 46.1 Å². The van der Waals surface area contributed by atoms with E-state index in [1.165, 1.54) is 0 Å². The van der Waals surface area contributed by atoms with Crippen LogP contribution in [0.1, 0.15) is 45.4 Å². The van der Waals surface area contributed by atoms with Gasteiger partial charge in [0.2, 0.25) is 5.91 Å². The number of imidazole rings is 1. The minimum absolute atomic E-state index is 0.170. The summed E-state index contributed by atoms with van der Waals surface area (Å²) in [4.78, 5) is 34.8. The Morgan fingerprint density at radius 3 is 2.38 bits per heavy atom. The van der Waals surface area contributed by atoms with Crippen LogP contribution >= 0.6 is 0 Å². The van der Waals surface area contributed by atoms with Gasteiger partial charge in [-0.2, -0.15) is 0 Å². The molecule has 0 bridgehead atoms. The number of piperidine rings is 1. The molecule has 2 saturated heterocycles. The van der Waals surface area contributed by atoms with Gasteiger partial charge in [-0.05, 0) is 38.8 Å². The Bertz CT molecular complexity index is 674. The molecule has 2 fully saturated rings. The fourth-order valence-corrected chi connectivity index (χ4v) is 4.23. The van der Waals surface area contributed by atoms with Gasteiger partial charge in [-0.15, -0.1) is 0 Å². The first-order chi connectivity index (χ1) is 14.0. The summed E-state index contributed by atoms with van der Waals surface area (Å²) in [6, 6.07) is 0. The number of rotatable bonds is 6. The van der Waals surface area contributed by atoms with E-state index in [4.69, 9.17) is 4.74 Å². The van der Waals surface area contributed by atoms with Crippen molar-refractivity contribution in [3.8, 4) is 0 Å². The number of ether oxygens (including phenoxy) is 1. The highest BCUT2D eigenvalue weighted by molar-refractivity contribution is 5.78. The van der Waals surface area contributed by atoms with Crippen molar-refractivity contribution in [1.29, 1.82) is 0 Å². The molecule has 162 valence electrons. The van der Waals surface area contributed by atoms with Crippen LogP contribution < -0.4 is 0 Å². The molecule has 0 aliphatic carbocycles. The van der Waals surface area contributed by atoms with E-state index >= 15 is 0 Å². The topological polar surface area (TPSA) is 70.9 Å². The highest BCUT2D eigenvalue weighted by atomic mass is 16.6. The number of hydrogen-bond acceptors (Lipinski definition) is 5. The molecule has 29 heavy (non-hydrogen) atoms. The lowest BCUT2D eigenvalue weighted by Gasteiger charge is -2.36. The molecule has 0 aromatic carbocycles. The summed E-state index contributed by atoms with van der Waals surface area (Å²) in [6.45, 7) is 12.3. The number of aromatic nitrogens is 2. The molecule has 2 aliphatic heterocycles. The molecule has 0 atom stereocenters. The molecule has 0 N–H and O–H groups in total. The zero-order valence-corrected chi connectivity index (χ0v) is 18.0. The van der Waals surface area contributed by atoms with E-state index in [9.17, 15) is 9.59 Å². The van der Waals surface area contributed by atoms with Gasteiger partial charge in [-0.1, -0.05) is 13.8 Å². The number of nitrogens with zero attached hydrogens (tertiary/aromatic N) is 5. The first-order valence-corrected chi connectivity index (χ1v) is 10.9. The predicted molar refractivity (Wildman–Crippen MR) is 111 cm³/mol. The average molecular weight is 406 g/mol. The summed E-state index contributed by atoms with van der Waals surface area (Å²) >= 11 is 0. The van der Waals surface area contributed by atoms with Gasteiger partial charge in [0.25, 0.3) is 0 Å². The molecule has 0 spiro atoms. The molecule has 8 heteroatoms. The van der Waals surface area contributed by atoms with Gasteiger partial charge in [-0.3, -0.25) is 9.69 Å². The highest BCUT2D eigenvalue weighted by Gasteiger charge is 2.27. The molecule has 8 nitrogen and oxygen atoms in total. The first kappa shape index (κ1) is 21.6. The lowest BCUT2D eigenvalue weighted by molar-refractivity contribution is -0.134. The van der Waals surface area contributed by atoms with Crippen LogP contribution in [0.2, 0.25) is 0 Å². The Morgan fingerprint density at radius 2 is 1.76 bits per heavy atom. The van der Waals surface area contributed by atoms with E-state index in [1.807, 2.05) is 11.1 Å². The van der Waals surface area contributed by atoms with Crippen molar-refractivity contribution in [1.82, 2.24) is 24.3 Å². The first-order valence-electron chi connectivity index (χ1n) is 10.9. The molecule has 2 amide bonds. The molecule has 3 rings (SSSR count). The number of piperazine rings is 1. The fraction of sp³-hybridized carbons (Fsp3) is 0.762. The Labute approximate surface area is 173 Å². The lowest BCUT2D eigenvalue weighted by atomic mass is 9.96. The molecular weight excluding hydrogens is 370 g/mol. The van der Waals surface area contributed by atoms with E-state index in [1.54, 1.807) is 11.8 Å². The maximum Gasteiger partial charge on any atom is 0.409 e. The molecule has 0 radical (unpaired) electrons. The summed E-state index contributed by atoms with van der Waals surface area (Å²) in [5.74, 6) is 2.40. The largest absolute Gasteiger partial charge is 0.450 e.